The average molecular weight is 221 g/mol. The molecule has 0 radical (unpaired) electrons. The van der Waals surface area contributed by atoms with Gasteiger partial charge in [0.2, 0.25) is 0 Å². The van der Waals surface area contributed by atoms with E-state index in [0.717, 1.165) is 30.9 Å². The molecule has 0 aliphatic heterocycles. The third-order valence-corrected chi connectivity index (χ3v) is 2.81. The van der Waals surface area contributed by atoms with Gasteiger partial charge in [-0.15, -0.1) is 6.58 Å². The molecule has 2 nitrogen and oxygen atoms in total. The third kappa shape index (κ3) is 3.53. The Bertz CT molecular complexity index is 327. The van der Waals surface area contributed by atoms with Crippen molar-refractivity contribution in [2.75, 3.05) is 6.54 Å². The van der Waals surface area contributed by atoms with E-state index in [1.165, 1.54) is 12.0 Å². The van der Waals surface area contributed by atoms with Crippen molar-refractivity contribution < 1.29 is 4.42 Å². The van der Waals surface area contributed by atoms with Crippen molar-refractivity contribution >= 4 is 0 Å². The second-order valence-electron chi connectivity index (χ2n) is 4.20. The van der Waals surface area contributed by atoms with Crippen LogP contribution in [0.2, 0.25) is 0 Å². The Morgan fingerprint density at radius 2 is 2.25 bits per heavy atom. The number of aryl methyl sites for hydroxylation is 2. The van der Waals surface area contributed by atoms with Crippen LogP contribution in [0.3, 0.4) is 0 Å². The number of allylic oxidation sites excluding steroid dienone is 1. The summed E-state index contributed by atoms with van der Waals surface area (Å²) in [6.07, 6.45) is 5.37. The van der Waals surface area contributed by atoms with Gasteiger partial charge in [0.05, 0.1) is 0 Å². The molecule has 0 saturated carbocycles. The monoisotopic (exact) mass is 221 g/mol. The van der Waals surface area contributed by atoms with E-state index in [-0.39, 0.29) is 0 Å². The van der Waals surface area contributed by atoms with Crippen molar-refractivity contribution in [1.29, 1.82) is 0 Å². The molecular weight excluding hydrogens is 198 g/mol. The van der Waals surface area contributed by atoms with Crippen LogP contribution in [0.1, 0.15) is 49.3 Å². The fourth-order valence-corrected chi connectivity index (χ4v) is 2.08. The van der Waals surface area contributed by atoms with Gasteiger partial charge < -0.3 is 9.73 Å². The first-order chi connectivity index (χ1) is 7.69. The fourth-order valence-electron chi connectivity index (χ4n) is 2.08. The summed E-state index contributed by atoms with van der Waals surface area (Å²) in [6, 6.07) is 2.57. The van der Waals surface area contributed by atoms with E-state index < -0.39 is 0 Å². The normalized spacial score (nSPS) is 12.7. The molecule has 1 heterocycles. The molecule has 0 amide bonds. The summed E-state index contributed by atoms with van der Waals surface area (Å²) in [6.45, 7) is 10.9. The molecule has 90 valence electrons. The smallest absolute Gasteiger partial charge is 0.105 e. The number of hydrogen-bond acceptors (Lipinski definition) is 2. The van der Waals surface area contributed by atoms with Crippen molar-refractivity contribution in [2.45, 2.75) is 46.1 Å². The minimum atomic E-state index is 0.419. The van der Waals surface area contributed by atoms with Gasteiger partial charge in [0, 0.05) is 11.6 Å². The molecule has 0 spiro atoms. The molecule has 0 fully saturated rings. The van der Waals surface area contributed by atoms with E-state index in [2.05, 4.69) is 24.9 Å². The van der Waals surface area contributed by atoms with Gasteiger partial charge in [0.1, 0.15) is 11.5 Å². The average Bonchev–Trinajstić information content (AvgIpc) is 2.57. The standard InChI is InChI=1S/C14H23NO/c1-5-7-8-9-14(15-6-2)13-10-11(3)16-12(13)4/h5,10,14-15H,1,6-9H2,2-4H3. The summed E-state index contributed by atoms with van der Waals surface area (Å²) in [4.78, 5) is 0. The Morgan fingerprint density at radius 3 is 2.75 bits per heavy atom. The molecule has 0 aromatic carbocycles. The zero-order valence-electron chi connectivity index (χ0n) is 10.7. The van der Waals surface area contributed by atoms with Gasteiger partial charge in [-0.05, 0) is 45.7 Å². The molecule has 2 heteroatoms. The molecule has 1 N–H and O–H groups in total. The van der Waals surface area contributed by atoms with Crippen LogP contribution in [0.5, 0.6) is 0 Å². The quantitative estimate of drug-likeness (QED) is 0.558. The van der Waals surface area contributed by atoms with Crippen LogP contribution >= 0.6 is 0 Å². The Labute approximate surface area is 98.7 Å². The molecule has 0 saturated heterocycles. The maximum absolute atomic E-state index is 5.59. The highest BCUT2D eigenvalue weighted by Crippen LogP contribution is 2.25. The SMILES string of the molecule is C=CCCCC(NCC)c1cc(C)oc1C. The van der Waals surface area contributed by atoms with Gasteiger partial charge in [0.15, 0.2) is 0 Å². The number of furan rings is 1. The maximum atomic E-state index is 5.59. The minimum absolute atomic E-state index is 0.419. The Morgan fingerprint density at radius 1 is 1.50 bits per heavy atom. The van der Waals surface area contributed by atoms with E-state index in [4.69, 9.17) is 4.42 Å². The van der Waals surface area contributed by atoms with Crippen molar-refractivity contribution in [3.05, 3.63) is 35.8 Å². The van der Waals surface area contributed by atoms with E-state index in [1.807, 2.05) is 19.9 Å². The number of nitrogens with one attached hydrogen (secondary N) is 1. The fraction of sp³-hybridized carbons (Fsp3) is 0.571. The lowest BCUT2D eigenvalue weighted by Gasteiger charge is -2.16. The van der Waals surface area contributed by atoms with Crippen LogP contribution in [0.25, 0.3) is 0 Å². The summed E-state index contributed by atoms with van der Waals surface area (Å²) in [7, 11) is 0. The zero-order valence-corrected chi connectivity index (χ0v) is 10.7. The molecular formula is C14H23NO. The first-order valence-electron chi connectivity index (χ1n) is 6.10. The molecule has 16 heavy (non-hydrogen) atoms. The van der Waals surface area contributed by atoms with Crippen LogP contribution < -0.4 is 5.32 Å². The summed E-state index contributed by atoms with van der Waals surface area (Å²) >= 11 is 0. The Hall–Kier alpha value is -1.02. The highest BCUT2D eigenvalue weighted by atomic mass is 16.3. The minimum Gasteiger partial charge on any atom is -0.466 e. The van der Waals surface area contributed by atoms with E-state index in [1.54, 1.807) is 0 Å². The summed E-state index contributed by atoms with van der Waals surface area (Å²) in [5.74, 6) is 2.04. The molecule has 1 rings (SSSR count). The van der Waals surface area contributed by atoms with Crippen LogP contribution in [0, 0.1) is 13.8 Å². The first-order valence-corrected chi connectivity index (χ1v) is 6.10. The molecule has 0 aliphatic carbocycles. The lowest BCUT2D eigenvalue weighted by atomic mass is 10.0. The van der Waals surface area contributed by atoms with E-state index in [0.29, 0.717) is 6.04 Å². The first kappa shape index (κ1) is 13.0. The van der Waals surface area contributed by atoms with Gasteiger partial charge in [0.25, 0.3) is 0 Å². The predicted octanol–water partition coefficient (Wildman–Crippen LogP) is 3.90. The largest absolute Gasteiger partial charge is 0.466 e. The summed E-state index contributed by atoms with van der Waals surface area (Å²) in [5, 5.41) is 3.52. The predicted molar refractivity (Wildman–Crippen MR) is 68.6 cm³/mol. The third-order valence-electron chi connectivity index (χ3n) is 2.81. The van der Waals surface area contributed by atoms with Gasteiger partial charge in [-0.25, -0.2) is 0 Å². The second-order valence-corrected chi connectivity index (χ2v) is 4.20. The number of hydrogen-bond donors (Lipinski definition) is 1. The van der Waals surface area contributed by atoms with Crippen LogP contribution in [0.15, 0.2) is 23.1 Å². The highest BCUT2D eigenvalue weighted by molar-refractivity contribution is 5.24. The van der Waals surface area contributed by atoms with Crippen LogP contribution in [-0.2, 0) is 0 Å². The van der Waals surface area contributed by atoms with Crippen molar-refractivity contribution in [3.63, 3.8) is 0 Å². The molecule has 1 aromatic rings. The van der Waals surface area contributed by atoms with Gasteiger partial charge in [-0.3, -0.25) is 0 Å². The van der Waals surface area contributed by atoms with E-state index >= 15 is 0 Å². The number of unbranched alkanes of at least 4 members (excludes halogenated alkanes) is 1. The maximum Gasteiger partial charge on any atom is 0.105 e. The van der Waals surface area contributed by atoms with Gasteiger partial charge >= 0.3 is 0 Å². The molecule has 1 aromatic heterocycles. The zero-order chi connectivity index (χ0) is 12.0. The number of rotatable bonds is 7. The van der Waals surface area contributed by atoms with Crippen molar-refractivity contribution in [3.8, 4) is 0 Å². The molecule has 0 aliphatic rings. The van der Waals surface area contributed by atoms with Crippen molar-refractivity contribution in [2.24, 2.45) is 0 Å². The van der Waals surface area contributed by atoms with Crippen LogP contribution in [0.4, 0.5) is 0 Å². The van der Waals surface area contributed by atoms with E-state index in [9.17, 15) is 0 Å². The topological polar surface area (TPSA) is 25.2 Å². The molecule has 1 atom stereocenters. The Kier molecular flexibility index (Phi) is 5.33. The molecule has 1 unspecified atom stereocenters. The van der Waals surface area contributed by atoms with Crippen LogP contribution in [-0.4, -0.2) is 6.54 Å². The molecule has 0 bridgehead atoms. The van der Waals surface area contributed by atoms with Gasteiger partial charge in [-0.1, -0.05) is 13.0 Å². The van der Waals surface area contributed by atoms with Crippen molar-refractivity contribution in [1.82, 2.24) is 5.32 Å². The summed E-state index contributed by atoms with van der Waals surface area (Å²) < 4.78 is 5.59. The Balaban J connectivity index is 2.68. The summed E-state index contributed by atoms with van der Waals surface area (Å²) in [5.41, 5.74) is 1.31. The highest BCUT2D eigenvalue weighted by Gasteiger charge is 2.15. The van der Waals surface area contributed by atoms with Gasteiger partial charge in [-0.2, -0.15) is 0 Å². The lowest BCUT2D eigenvalue weighted by molar-refractivity contribution is 0.468. The second kappa shape index (κ2) is 6.54. The lowest BCUT2D eigenvalue weighted by Crippen LogP contribution is -2.21.